The standard InChI is InChI=1S/C13H16N8O4/c1-19(2)11-16-12(20(5-3-14)6-4-15)18-13(17-11)21(7-9(22)23)8-10(24)25/h5-8H2,1-2H3,(H,22,23)(H,24,25). The van der Waals surface area contributed by atoms with Crippen molar-refractivity contribution in [2.24, 2.45) is 0 Å². The number of anilines is 3. The molecule has 12 nitrogen and oxygen atoms in total. The van der Waals surface area contributed by atoms with Crippen LogP contribution in [0, 0.1) is 22.7 Å². The van der Waals surface area contributed by atoms with Gasteiger partial charge in [0.2, 0.25) is 17.8 Å². The molecule has 0 fully saturated rings. The Labute approximate surface area is 143 Å². The highest BCUT2D eigenvalue weighted by Gasteiger charge is 2.21. The third kappa shape index (κ3) is 5.80. The Morgan fingerprint density at radius 2 is 1.28 bits per heavy atom. The third-order valence-electron chi connectivity index (χ3n) is 2.74. The summed E-state index contributed by atoms with van der Waals surface area (Å²) in [5.41, 5.74) is 0. The number of aliphatic carboxylic acids is 2. The summed E-state index contributed by atoms with van der Waals surface area (Å²) in [6.45, 7) is -1.64. The zero-order valence-electron chi connectivity index (χ0n) is 13.6. The van der Waals surface area contributed by atoms with Crippen molar-refractivity contribution in [2.45, 2.75) is 0 Å². The van der Waals surface area contributed by atoms with Crippen molar-refractivity contribution in [3.63, 3.8) is 0 Å². The van der Waals surface area contributed by atoms with Gasteiger partial charge in [0.15, 0.2) is 0 Å². The average molecular weight is 348 g/mol. The Hall–Kier alpha value is -3.67. The van der Waals surface area contributed by atoms with Crippen molar-refractivity contribution in [1.29, 1.82) is 10.5 Å². The first-order valence-corrected chi connectivity index (χ1v) is 6.89. The van der Waals surface area contributed by atoms with Crippen molar-refractivity contribution < 1.29 is 19.8 Å². The van der Waals surface area contributed by atoms with E-state index in [1.54, 1.807) is 14.1 Å². The largest absolute Gasteiger partial charge is 0.480 e. The molecule has 25 heavy (non-hydrogen) atoms. The summed E-state index contributed by atoms with van der Waals surface area (Å²) >= 11 is 0. The van der Waals surface area contributed by atoms with E-state index in [4.69, 9.17) is 20.7 Å². The Bertz CT molecular complexity index is 692. The van der Waals surface area contributed by atoms with E-state index in [9.17, 15) is 9.59 Å². The first-order chi connectivity index (χ1) is 11.8. The van der Waals surface area contributed by atoms with E-state index in [1.807, 2.05) is 12.1 Å². The minimum absolute atomic E-state index is 0.0300. The molecule has 0 atom stereocenters. The number of aromatic nitrogens is 3. The van der Waals surface area contributed by atoms with Crippen LogP contribution in [-0.4, -0.2) is 77.4 Å². The van der Waals surface area contributed by atoms with Crippen LogP contribution in [0.3, 0.4) is 0 Å². The molecule has 1 heterocycles. The fourth-order valence-electron chi connectivity index (χ4n) is 1.72. The van der Waals surface area contributed by atoms with E-state index in [1.165, 1.54) is 9.80 Å². The van der Waals surface area contributed by atoms with Crippen molar-refractivity contribution in [1.82, 2.24) is 15.0 Å². The molecule has 132 valence electrons. The number of carbonyl (C=O) groups is 2. The molecule has 0 aliphatic heterocycles. The van der Waals surface area contributed by atoms with Crippen LogP contribution in [0.1, 0.15) is 0 Å². The van der Waals surface area contributed by atoms with Crippen LogP contribution in [0.15, 0.2) is 0 Å². The zero-order chi connectivity index (χ0) is 19.0. The molecule has 0 unspecified atom stereocenters. The lowest BCUT2D eigenvalue weighted by Crippen LogP contribution is -2.37. The van der Waals surface area contributed by atoms with E-state index >= 15 is 0 Å². The summed E-state index contributed by atoms with van der Waals surface area (Å²) in [4.78, 5) is 37.9. The molecule has 0 saturated carbocycles. The average Bonchev–Trinajstić information content (AvgIpc) is 2.52. The maximum Gasteiger partial charge on any atom is 0.323 e. The molecular formula is C13H16N8O4. The van der Waals surface area contributed by atoms with E-state index < -0.39 is 25.0 Å². The van der Waals surface area contributed by atoms with Gasteiger partial charge < -0.3 is 24.9 Å². The fraction of sp³-hybridized carbons (Fsp3) is 0.462. The van der Waals surface area contributed by atoms with Crippen LogP contribution < -0.4 is 14.7 Å². The van der Waals surface area contributed by atoms with Gasteiger partial charge in [-0.2, -0.15) is 25.5 Å². The number of nitriles is 2. The van der Waals surface area contributed by atoms with Gasteiger partial charge in [-0.3, -0.25) is 9.59 Å². The minimum Gasteiger partial charge on any atom is -0.480 e. The molecule has 2 N–H and O–H groups in total. The lowest BCUT2D eigenvalue weighted by Gasteiger charge is -2.23. The van der Waals surface area contributed by atoms with E-state index in [0.29, 0.717) is 0 Å². The van der Waals surface area contributed by atoms with Gasteiger partial charge in [0, 0.05) is 14.1 Å². The Kier molecular flexibility index (Phi) is 6.84. The van der Waals surface area contributed by atoms with Crippen LogP contribution in [0.2, 0.25) is 0 Å². The summed E-state index contributed by atoms with van der Waals surface area (Å²) in [6, 6.07) is 3.74. The van der Waals surface area contributed by atoms with Gasteiger partial charge in [-0.05, 0) is 0 Å². The summed E-state index contributed by atoms with van der Waals surface area (Å²) < 4.78 is 0. The summed E-state index contributed by atoms with van der Waals surface area (Å²) in [5, 5.41) is 35.7. The van der Waals surface area contributed by atoms with Gasteiger partial charge in [-0.15, -0.1) is 0 Å². The molecule has 1 rings (SSSR count). The van der Waals surface area contributed by atoms with Crippen molar-refractivity contribution >= 4 is 29.8 Å². The van der Waals surface area contributed by atoms with Crippen molar-refractivity contribution in [3.8, 4) is 12.1 Å². The topological polar surface area (TPSA) is 171 Å². The first-order valence-electron chi connectivity index (χ1n) is 6.89. The van der Waals surface area contributed by atoms with Gasteiger partial charge in [0.1, 0.15) is 26.2 Å². The summed E-state index contributed by atoms with van der Waals surface area (Å²) in [5.74, 6) is -2.61. The number of carboxylic acids is 2. The second kappa shape index (κ2) is 8.83. The molecule has 0 saturated heterocycles. The zero-order valence-corrected chi connectivity index (χ0v) is 13.6. The lowest BCUT2D eigenvalue weighted by molar-refractivity contribution is -0.136. The number of carboxylic acid groups (broad SMARTS) is 2. The molecule has 0 aliphatic carbocycles. The molecular weight excluding hydrogens is 332 g/mol. The SMILES string of the molecule is CN(C)c1nc(N(CC#N)CC#N)nc(N(CC(=O)O)CC(=O)O)n1. The van der Waals surface area contributed by atoms with Crippen LogP contribution in [0.25, 0.3) is 0 Å². The van der Waals surface area contributed by atoms with Gasteiger partial charge in [0.05, 0.1) is 12.1 Å². The number of rotatable bonds is 9. The maximum absolute atomic E-state index is 11.0. The minimum atomic E-state index is -1.26. The summed E-state index contributed by atoms with van der Waals surface area (Å²) in [7, 11) is 3.25. The van der Waals surface area contributed by atoms with E-state index in [-0.39, 0.29) is 30.9 Å². The van der Waals surface area contributed by atoms with Crippen LogP contribution in [-0.2, 0) is 9.59 Å². The Morgan fingerprint density at radius 3 is 1.64 bits per heavy atom. The molecule has 0 aliphatic rings. The molecule has 0 spiro atoms. The molecule has 1 aromatic heterocycles. The van der Waals surface area contributed by atoms with Crippen molar-refractivity contribution in [2.75, 3.05) is 55.0 Å². The predicted molar refractivity (Wildman–Crippen MR) is 85.1 cm³/mol. The van der Waals surface area contributed by atoms with Crippen LogP contribution >= 0.6 is 0 Å². The van der Waals surface area contributed by atoms with Crippen LogP contribution in [0.4, 0.5) is 17.8 Å². The molecule has 12 heteroatoms. The van der Waals surface area contributed by atoms with Gasteiger partial charge >= 0.3 is 11.9 Å². The molecule has 0 amide bonds. The predicted octanol–water partition coefficient (Wildman–Crippen LogP) is -1.23. The highest BCUT2D eigenvalue weighted by Crippen LogP contribution is 2.18. The monoisotopic (exact) mass is 348 g/mol. The highest BCUT2D eigenvalue weighted by molar-refractivity contribution is 5.78. The van der Waals surface area contributed by atoms with Gasteiger partial charge in [0.25, 0.3) is 0 Å². The molecule has 0 radical (unpaired) electrons. The molecule has 0 aromatic carbocycles. The fourth-order valence-corrected chi connectivity index (χ4v) is 1.72. The molecule has 0 bridgehead atoms. The number of hydrogen-bond donors (Lipinski definition) is 2. The first kappa shape index (κ1) is 19.4. The quantitative estimate of drug-likeness (QED) is 0.510. The maximum atomic E-state index is 11.0. The second-order valence-corrected chi connectivity index (χ2v) is 4.95. The third-order valence-corrected chi connectivity index (χ3v) is 2.74. The lowest BCUT2D eigenvalue weighted by atomic mass is 10.5. The highest BCUT2D eigenvalue weighted by atomic mass is 16.4. The van der Waals surface area contributed by atoms with Gasteiger partial charge in [-0.25, -0.2) is 0 Å². The second-order valence-electron chi connectivity index (χ2n) is 4.95. The summed E-state index contributed by atoms with van der Waals surface area (Å²) in [6.07, 6.45) is 0. The van der Waals surface area contributed by atoms with Crippen LogP contribution in [0.5, 0.6) is 0 Å². The smallest absolute Gasteiger partial charge is 0.323 e. The Balaban J connectivity index is 3.41. The number of nitrogens with zero attached hydrogens (tertiary/aromatic N) is 8. The molecule has 1 aromatic rings. The van der Waals surface area contributed by atoms with Crippen molar-refractivity contribution in [3.05, 3.63) is 0 Å². The van der Waals surface area contributed by atoms with Gasteiger partial charge in [-0.1, -0.05) is 0 Å². The number of hydrogen-bond acceptors (Lipinski definition) is 10. The Morgan fingerprint density at radius 1 is 0.880 bits per heavy atom. The van der Waals surface area contributed by atoms with E-state index in [0.717, 1.165) is 4.90 Å². The normalized spacial score (nSPS) is 9.60. The van der Waals surface area contributed by atoms with E-state index in [2.05, 4.69) is 15.0 Å².